The molecule has 45 heavy (non-hydrogen) atoms. The molecule has 0 aliphatic heterocycles. The number of amides is 2. The summed E-state index contributed by atoms with van der Waals surface area (Å²) >= 11 is 12.3. The third kappa shape index (κ3) is 9.10. The van der Waals surface area contributed by atoms with Crippen molar-refractivity contribution in [3.63, 3.8) is 0 Å². The molecule has 0 saturated carbocycles. The fourth-order valence-electron chi connectivity index (χ4n) is 4.76. The first kappa shape index (κ1) is 34.0. The Balaban J connectivity index is 1.80. The van der Waals surface area contributed by atoms with Crippen LogP contribution in [0, 0.1) is 6.92 Å². The van der Waals surface area contributed by atoms with Crippen molar-refractivity contribution in [1.82, 2.24) is 10.2 Å². The molecule has 0 radical (unpaired) electrons. The lowest BCUT2D eigenvalue weighted by molar-refractivity contribution is -0.140. The normalized spacial score (nSPS) is 12.6. The minimum absolute atomic E-state index is 0.0375. The molecule has 0 aliphatic rings. The molecule has 7 nitrogen and oxygen atoms in total. The van der Waals surface area contributed by atoms with E-state index in [2.05, 4.69) is 5.32 Å². The highest BCUT2D eigenvalue weighted by Crippen LogP contribution is 2.27. The minimum atomic E-state index is -4.19. The summed E-state index contributed by atoms with van der Waals surface area (Å²) in [4.78, 5) is 29.9. The van der Waals surface area contributed by atoms with Gasteiger partial charge < -0.3 is 10.2 Å². The highest BCUT2D eigenvalue weighted by atomic mass is 35.5. The molecule has 4 aromatic carbocycles. The first-order chi connectivity index (χ1) is 21.5. The molecule has 1 N–H and O–H groups in total. The van der Waals surface area contributed by atoms with E-state index in [1.165, 1.54) is 17.0 Å². The molecular formula is C35H37Cl2N3O4S. The topological polar surface area (TPSA) is 86.8 Å². The smallest absolute Gasteiger partial charge is 0.264 e. The monoisotopic (exact) mass is 665 g/mol. The maximum atomic E-state index is 14.5. The van der Waals surface area contributed by atoms with Gasteiger partial charge in [-0.15, -0.1) is 0 Å². The second-order valence-corrected chi connectivity index (χ2v) is 13.7. The van der Waals surface area contributed by atoms with Crippen molar-refractivity contribution in [2.45, 2.75) is 57.1 Å². The third-order valence-corrected chi connectivity index (χ3v) is 9.83. The van der Waals surface area contributed by atoms with Gasteiger partial charge in [0.05, 0.1) is 10.6 Å². The number of rotatable bonds is 13. The van der Waals surface area contributed by atoms with Crippen LogP contribution in [0.15, 0.2) is 108 Å². The quantitative estimate of drug-likeness (QED) is 0.166. The van der Waals surface area contributed by atoms with E-state index in [0.717, 1.165) is 21.0 Å². The molecular weight excluding hydrogens is 629 g/mol. The Morgan fingerprint density at radius 3 is 1.96 bits per heavy atom. The van der Waals surface area contributed by atoms with E-state index >= 15 is 0 Å². The van der Waals surface area contributed by atoms with E-state index < -0.39 is 28.5 Å². The molecule has 0 spiro atoms. The molecule has 0 fully saturated rings. The van der Waals surface area contributed by atoms with Gasteiger partial charge in [-0.2, -0.15) is 0 Å². The Kier molecular flexibility index (Phi) is 11.7. The van der Waals surface area contributed by atoms with E-state index in [1.807, 2.05) is 51.1 Å². The average Bonchev–Trinajstić information content (AvgIpc) is 3.03. The number of hydrogen-bond donors (Lipinski definition) is 1. The molecule has 0 aliphatic carbocycles. The fraction of sp³-hybridized carbons (Fsp3) is 0.257. The zero-order chi connectivity index (χ0) is 32.6. The average molecular weight is 667 g/mol. The van der Waals surface area contributed by atoms with Gasteiger partial charge in [-0.3, -0.25) is 13.9 Å². The third-order valence-electron chi connectivity index (χ3n) is 7.54. The number of nitrogens with one attached hydrogen (secondary N) is 1. The zero-order valence-corrected chi connectivity index (χ0v) is 27.8. The SMILES string of the molecule is CC[C@@H](C)NC(=O)[C@@H](Cc1ccccc1)N(Cc1ccc(Cl)cc1)C(=O)CN(c1ccc(Cl)cc1)S(=O)(=O)c1ccc(C)cc1. The van der Waals surface area contributed by atoms with Gasteiger partial charge in [-0.1, -0.05) is 90.3 Å². The van der Waals surface area contributed by atoms with Crippen LogP contribution in [-0.4, -0.2) is 43.8 Å². The van der Waals surface area contributed by atoms with Gasteiger partial charge in [0, 0.05) is 29.1 Å². The molecule has 0 bridgehead atoms. The number of aryl methyl sites for hydroxylation is 1. The Morgan fingerprint density at radius 1 is 0.800 bits per heavy atom. The molecule has 0 aromatic heterocycles. The Bertz CT molecular complexity index is 1680. The molecule has 4 aromatic rings. The summed E-state index contributed by atoms with van der Waals surface area (Å²) in [6.07, 6.45) is 0.933. The predicted molar refractivity (Wildman–Crippen MR) is 181 cm³/mol. The lowest BCUT2D eigenvalue weighted by Gasteiger charge is -2.34. The summed E-state index contributed by atoms with van der Waals surface area (Å²) in [6.45, 7) is 5.24. The summed E-state index contributed by atoms with van der Waals surface area (Å²) in [5.74, 6) is -0.870. The Labute approximate surface area is 275 Å². The van der Waals surface area contributed by atoms with Crippen LogP contribution in [0.1, 0.15) is 37.0 Å². The van der Waals surface area contributed by atoms with Crippen molar-refractivity contribution < 1.29 is 18.0 Å². The first-order valence-electron chi connectivity index (χ1n) is 14.7. The molecule has 2 amide bonds. The Morgan fingerprint density at radius 2 is 1.38 bits per heavy atom. The van der Waals surface area contributed by atoms with Gasteiger partial charge in [0.15, 0.2) is 0 Å². The van der Waals surface area contributed by atoms with Crippen molar-refractivity contribution in [3.8, 4) is 0 Å². The van der Waals surface area contributed by atoms with Crippen LogP contribution in [0.5, 0.6) is 0 Å². The lowest BCUT2D eigenvalue weighted by Crippen LogP contribution is -2.54. The second kappa shape index (κ2) is 15.4. The lowest BCUT2D eigenvalue weighted by atomic mass is 10.0. The van der Waals surface area contributed by atoms with E-state index in [9.17, 15) is 18.0 Å². The molecule has 10 heteroatoms. The van der Waals surface area contributed by atoms with Crippen LogP contribution in [-0.2, 0) is 32.6 Å². The number of benzene rings is 4. The Hall–Kier alpha value is -3.85. The summed E-state index contributed by atoms with van der Waals surface area (Å²) in [6, 6.07) is 28.1. The molecule has 4 rings (SSSR count). The van der Waals surface area contributed by atoms with Crippen molar-refractivity contribution >= 4 is 50.7 Å². The van der Waals surface area contributed by atoms with E-state index in [0.29, 0.717) is 16.5 Å². The first-order valence-corrected chi connectivity index (χ1v) is 16.9. The van der Waals surface area contributed by atoms with Crippen LogP contribution < -0.4 is 9.62 Å². The van der Waals surface area contributed by atoms with Crippen LogP contribution >= 0.6 is 23.2 Å². The molecule has 0 saturated heterocycles. The largest absolute Gasteiger partial charge is 0.352 e. The van der Waals surface area contributed by atoms with Gasteiger partial charge in [-0.05, 0) is 79.9 Å². The van der Waals surface area contributed by atoms with E-state index in [1.54, 1.807) is 60.7 Å². The number of halogens is 2. The van der Waals surface area contributed by atoms with Gasteiger partial charge in [0.25, 0.3) is 10.0 Å². The minimum Gasteiger partial charge on any atom is -0.352 e. The molecule has 236 valence electrons. The summed E-state index contributed by atoms with van der Waals surface area (Å²) in [5.41, 5.74) is 2.76. The predicted octanol–water partition coefficient (Wildman–Crippen LogP) is 7.05. The number of sulfonamides is 1. The van der Waals surface area contributed by atoms with Gasteiger partial charge in [0.1, 0.15) is 12.6 Å². The molecule has 0 unspecified atom stereocenters. The van der Waals surface area contributed by atoms with Crippen LogP contribution in [0.4, 0.5) is 5.69 Å². The molecule has 2 atom stereocenters. The van der Waals surface area contributed by atoms with E-state index in [4.69, 9.17) is 23.2 Å². The number of nitrogens with zero attached hydrogens (tertiary/aromatic N) is 2. The van der Waals surface area contributed by atoms with Gasteiger partial charge >= 0.3 is 0 Å². The summed E-state index contributed by atoms with van der Waals surface area (Å²) < 4.78 is 29.2. The number of carbonyl (C=O) groups is 2. The highest BCUT2D eigenvalue weighted by Gasteiger charge is 2.35. The highest BCUT2D eigenvalue weighted by molar-refractivity contribution is 7.92. The second-order valence-electron chi connectivity index (χ2n) is 11.0. The van der Waals surface area contributed by atoms with Crippen LogP contribution in [0.25, 0.3) is 0 Å². The summed E-state index contributed by atoms with van der Waals surface area (Å²) in [5, 5.41) is 3.99. The van der Waals surface area contributed by atoms with E-state index in [-0.39, 0.29) is 35.5 Å². The van der Waals surface area contributed by atoms with Crippen molar-refractivity contribution in [1.29, 1.82) is 0 Å². The fourth-order valence-corrected chi connectivity index (χ4v) is 6.42. The van der Waals surface area contributed by atoms with Gasteiger partial charge in [0.2, 0.25) is 11.8 Å². The van der Waals surface area contributed by atoms with Crippen molar-refractivity contribution in [2.75, 3.05) is 10.8 Å². The zero-order valence-electron chi connectivity index (χ0n) is 25.5. The standard InChI is InChI=1S/C35H37Cl2N3O4S/c1-4-26(3)38-35(42)33(22-27-8-6-5-7-9-27)39(23-28-12-14-29(36)15-13-28)34(41)24-40(31-18-16-30(37)17-19-31)45(43,44)32-20-10-25(2)11-21-32/h5-21,26,33H,4,22-24H2,1-3H3,(H,38,42)/t26-,33-/m1/s1. The van der Waals surface area contributed by atoms with Crippen molar-refractivity contribution in [2.24, 2.45) is 0 Å². The van der Waals surface area contributed by atoms with Gasteiger partial charge in [-0.25, -0.2) is 8.42 Å². The maximum Gasteiger partial charge on any atom is 0.264 e. The maximum absolute atomic E-state index is 14.5. The van der Waals surface area contributed by atoms with Crippen molar-refractivity contribution in [3.05, 3.63) is 130 Å². The number of carbonyl (C=O) groups excluding carboxylic acids is 2. The van der Waals surface area contributed by atoms with Crippen LogP contribution in [0.3, 0.4) is 0 Å². The summed E-state index contributed by atoms with van der Waals surface area (Å²) in [7, 11) is -4.19. The number of hydrogen-bond acceptors (Lipinski definition) is 4. The van der Waals surface area contributed by atoms with Crippen LogP contribution in [0.2, 0.25) is 10.0 Å². The number of anilines is 1. The molecule has 0 heterocycles.